The molecule has 0 bridgehead atoms. The van der Waals surface area contributed by atoms with Gasteiger partial charge in [0.2, 0.25) is 0 Å². The number of pyridine rings is 1. The van der Waals surface area contributed by atoms with E-state index in [9.17, 15) is 9.59 Å². The van der Waals surface area contributed by atoms with Crippen molar-refractivity contribution in [3.05, 3.63) is 34.2 Å². The molecule has 0 aliphatic heterocycles. The zero-order valence-corrected chi connectivity index (χ0v) is 9.93. The highest BCUT2D eigenvalue weighted by molar-refractivity contribution is 5.94. The lowest BCUT2D eigenvalue weighted by molar-refractivity contribution is 0.0748. The predicted molar refractivity (Wildman–Crippen MR) is 64.8 cm³/mol. The van der Waals surface area contributed by atoms with Gasteiger partial charge in [-0.25, -0.2) is 0 Å². The van der Waals surface area contributed by atoms with Crippen molar-refractivity contribution < 1.29 is 4.79 Å². The molecule has 1 fully saturated rings. The lowest BCUT2D eigenvalue weighted by Gasteiger charge is -2.21. The molecule has 1 aromatic heterocycles. The van der Waals surface area contributed by atoms with Crippen molar-refractivity contribution in [3.63, 3.8) is 0 Å². The predicted octanol–water partition coefficient (Wildman–Crippen LogP) is -0.0514. The first-order valence-corrected chi connectivity index (χ1v) is 5.81. The third-order valence-electron chi connectivity index (χ3n) is 2.97. The standard InChI is InChI=1S/C12H17N3O2/c1-14-6-4-9(8-11(14)16)12(17)15(7-5-13)10-2-3-10/h4,6,8,10H,2-3,5,7,13H2,1H3. The van der Waals surface area contributed by atoms with Gasteiger partial charge in [-0.15, -0.1) is 0 Å². The molecule has 0 atom stereocenters. The molecular weight excluding hydrogens is 218 g/mol. The summed E-state index contributed by atoms with van der Waals surface area (Å²) in [5, 5.41) is 0. The van der Waals surface area contributed by atoms with E-state index in [0.717, 1.165) is 12.8 Å². The minimum absolute atomic E-state index is 0.0874. The molecule has 0 aromatic carbocycles. The van der Waals surface area contributed by atoms with Crippen molar-refractivity contribution in [2.24, 2.45) is 12.8 Å². The molecule has 2 N–H and O–H groups in total. The number of nitrogens with zero attached hydrogens (tertiary/aromatic N) is 2. The van der Waals surface area contributed by atoms with E-state index in [2.05, 4.69) is 0 Å². The minimum atomic E-state index is -0.167. The lowest BCUT2D eigenvalue weighted by atomic mass is 10.2. The fourth-order valence-electron chi connectivity index (χ4n) is 1.82. The van der Waals surface area contributed by atoms with E-state index in [1.165, 1.54) is 10.6 Å². The van der Waals surface area contributed by atoms with Gasteiger partial charge < -0.3 is 15.2 Å². The Morgan fingerprint density at radius 1 is 1.59 bits per heavy atom. The molecule has 1 amide bonds. The van der Waals surface area contributed by atoms with Crippen molar-refractivity contribution in [1.29, 1.82) is 0 Å². The van der Waals surface area contributed by atoms with Crippen LogP contribution in [0.1, 0.15) is 23.2 Å². The van der Waals surface area contributed by atoms with E-state index in [4.69, 9.17) is 5.73 Å². The van der Waals surface area contributed by atoms with Crippen molar-refractivity contribution in [3.8, 4) is 0 Å². The van der Waals surface area contributed by atoms with Crippen LogP contribution in [0.4, 0.5) is 0 Å². The zero-order chi connectivity index (χ0) is 12.4. The Kier molecular flexibility index (Phi) is 3.28. The van der Waals surface area contributed by atoms with E-state index >= 15 is 0 Å². The van der Waals surface area contributed by atoms with E-state index in [0.29, 0.717) is 24.7 Å². The second-order valence-electron chi connectivity index (χ2n) is 4.38. The molecule has 1 heterocycles. The van der Waals surface area contributed by atoms with E-state index in [-0.39, 0.29) is 11.5 Å². The van der Waals surface area contributed by atoms with Gasteiger partial charge in [-0.1, -0.05) is 0 Å². The van der Waals surface area contributed by atoms with Crippen LogP contribution in [0.3, 0.4) is 0 Å². The molecule has 0 saturated heterocycles. The first-order valence-electron chi connectivity index (χ1n) is 5.81. The summed E-state index contributed by atoms with van der Waals surface area (Å²) in [7, 11) is 1.66. The van der Waals surface area contributed by atoms with Crippen LogP contribution in [0.5, 0.6) is 0 Å². The molecular formula is C12H17N3O2. The van der Waals surface area contributed by atoms with E-state index in [1.807, 2.05) is 0 Å². The molecule has 2 rings (SSSR count). The fraction of sp³-hybridized carbons (Fsp3) is 0.500. The Labute approximate surface area is 99.8 Å². The normalized spacial score (nSPS) is 14.7. The van der Waals surface area contributed by atoms with Gasteiger partial charge in [-0.3, -0.25) is 9.59 Å². The van der Waals surface area contributed by atoms with Crippen LogP contribution in [0.15, 0.2) is 23.1 Å². The van der Waals surface area contributed by atoms with Crippen molar-refractivity contribution in [1.82, 2.24) is 9.47 Å². The Morgan fingerprint density at radius 2 is 2.29 bits per heavy atom. The summed E-state index contributed by atoms with van der Waals surface area (Å²) in [5.74, 6) is -0.0874. The Bertz CT molecular complexity index is 477. The highest BCUT2D eigenvalue weighted by Crippen LogP contribution is 2.27. The molecule has 5 heteroatoms. The molecule has 1 aromatic rings. The average molecular weight is 235 g/mol. The highest BCUT2D eigenvalue weighted by atomic mass is 16.2. The number of aryl methyl sites for hydroxylation is 1. The summed E-state index contributed by atoms with van der Waals surface area (Å²) in [5.41, 5.74) is 5.79. The van der Waals surface area contributed by atoms with Crippen LogP contribution in [-0.4, -0.2) is 34.5 Å². The maximum absolute atomic E-state index is 12.2. The summed E-state index contributed by atoms with van der Waals surface area (Å²) in [4.78, 5) is 25.5. The average Bonchev–Trinajstić information content (AvgIpc) is 3.13. The first-order chi connectivity index (χ1) is 8.13. The van der Waals surface area contributed by atoms with Crippen LogP contribution in [-0.2, 0) is 7.05 Å². The van der Waals surface area contributed by atoms with Gasteiger partial charge in [0.25, 0.3) is 11.5 Å². The Morgan fingerprint density at radius 3 is 2.82 bits per heavy atom. The SMILES string of the molecule is Cn1ccc(C(=O)N(CCN)C2CC2)cc1=O. The van der Waals surface area contributed by atoms with Crippen LogP contribution >= 0.6 is 0 Å². The molecule has 0 unspecified atom stereocenters. The molecule has 1 saturated carbocycles. The van der Waals surface area contributed by atoms with Crippen LogP contribution < -0.4 is 11.3 Å². The van der Waals surface area contributed by atoms with Crippen LogP contribution in [0.2, 0.25) is 0 Å². The zero-order valence-electron chi connectivity index (χ0n) is 9.93. The molecule has 17 heavy (non-hydrogen) atoms. The summed E-state index contributed by atoms with van der Waals surface area (Å²) in [6, 6.07) is 3.37. The largest absolute Gasteiger partial charge is 0.334 e. The number of carbonyl (C=O) groups is 1. The van der Waals surface area contributed by atoms with Gasteiger partial charge in [-0.05, 0) is 18.9 Å². The molecule has 5 nitrogen and oxygen atoms in total. The number of aromatic nitrogens is 1. The first kappa shape index (κ1) is 11.9. The van der Waals surface area contributed by atoms with Crippen LogP contribution in [0, 0.1) is 0 Å². The van der Waals surface area contributed by atoms with Gasteiger partial charge in [0.1, 0.15) is 0 Å². The van der Waals surface area contributed by atoms with Crippen LogP contribution in [0.25, 0.3) is 0 Å². The minimum Gasteiger partial charge on any atom is -0.334 e. The number of rotatable bonds is 4. The molecule has 0 spiro atoms. The Hall–Kier alpha value is -1.62. The van der Waals surface area contributed by atoms with Crippen molar-refractivity contribution in [2.75, 3.05) is 13.1 Å². The number of carbonyl (C=O) groups excluding carboxylic acids is 1. The maximum atomic E-state index is 12.2. The monoisotopic (exact) mass is 235 g/mol. The number of hydrogen-bond donors (Lipinski definition) is 1. The van der Waals surface area contributed by atoms with E-state index < -0.39 is 0 Å². The quantitative estimate of drug-likeness (QED) is 0.795. The molecule has 1 aliphatic carbocycles. The van der Waals surface area contributed by atoms with Crippen molar-refractivity contribution in [2.45, 2.75) is 18.9 Å². The van der Waals surface area contributed by atoms with Crippen molar-refractivity contribution >= 4 is 5.91 Å². The number of amides is 1. The summed E-state index contributed by atoms with van der Waals surface area (Å²) in [6.45, 7) is 1.01. The summed E-state index contributed by atoms with van der Waals surface area (Å²) >= 11 is 0. The van der Waals surface area contributed by atoms with Gasteiger partial charge in [0.15, 0.2) is 0 Å². The van der Waals surface area contributed by atoms with Gasteiger partial charge in [0.05, 0.1) is 0 Å². The topological polar surface area (TPSA) is 68.3 Å². The second kappa shape index (κ2) is 4.71. The van der Waals surface area contributed by atoms with E-state index in [1.54, 1.807) is 24.2 Å². The third-order valence-corrected chi connectivity index (χ3v) is 2.97. The number of nitrogens with two attached hydrogens (primary N) is 1. The summed E-state index contributed by atoms with van der Waals surface area (Å²) < 4.78 is 1.45. The molecule has 1 aliphatic rings. The lowest BCUT2D eigenvalue weighted by Crippen LogP contribution is -2.37. The second-order valence-corrected chi connectivity index (χ2v) is 4.38. The highest BCUT2D eigenvalue weighted by Gasteiger charge is 2.32. The molecule has 0 radical (unpaired) electrons. The molecule has 92 valence electrons. The fourth-order valence-corrected chi connectivity index (χ4v) is 1.82. The van der Waals surface area contributed by atoms with Gasteiger partial charge in [0, 0.05) is 44.0 Å². The Balaban J connectivity index is 2.22. The maximum Gasteiger partial charge on any atom is 0.254 e. The number of hydrogen-bond acceptors (Lipinski definition) is 3. The van der Waals surface area contributed by atoms with Gasteiger partial charge in [-0.2, -0.15) is 0 Å². The summed E-state index contributed by atoms with van der Waals surface area (Å²) in [6.07, 6.45) is 3.69. The third kappa shape index (κ3) is 2.55. The smallest absolute Gasteiger partial charge is 0.254 e. The van der Waals surface area contributed by atoms with Gasteiger partial charge >= 0.3 is 0 Å².